The molecule has 0 radical (unpaired) electrons. The normalized spacial score (nSPS) is 12.7. The largest absolute Gasteiger partial charge is 0.496 e. The van der Waals surface area contributed by atoms with E-state index in [-0.39, 0.29) is 40.1 Å². The van der Waals surface area contributed by atoms with Gasteiger partial charge in [-0.15, -0.1) is 11.6 Å². The Bertz CT molecular complexity index is 646. The minimum Gasteiger partial charge on any atom is -0.496 e. The summed E-state index contributed by atoms with van der Waals surface area (Å²) in [4.78, 5) is 11.1. The van der Waals surface area contributed by atoms with Crippen LogP contribution >= 0.6 is 11.6 Å². The summed E-state index contributed by atoms with van der Waals surface area (Å²) in [5.74, 6) is -1.49. The molecule has 3 N–H and O–H groups in total. The number of ether oxygens (including phenoxy) is 1. The summed E-state index contributed by atoms with van der Waals surface area (Å²) in [5, 5.41) is 21.4. The Morgan fingerprint density at radius 3 is 2.55 bits per heavy atom. The van der Waals surface area contributed by atoms with E-state index in [9.17, 15) is 18.3 Å². The molecule has 22 heavy (non-hydrogen) atoms. The summed E-state index contributed by atoms with van der Waals surface area (Å²) in [7, 11) is -2.38. The Morgan fingerprint density at radius 1 is 1.45 bits per heavy atom. The summed E-state index contributed by atoms with van der Waals surface area (Å²) >= 11 is 5.49. The zero-order chi connectivity index (χ0) is 16.9. The summed E-state index contributed by atoms with van der Waals surface area (Å²) in [6, 6.07) is 2.34. The van der Waals surface area contributed by atoms with Gasteiger partial charge in [-0.05, 0) is 6.07 Å². The first kappa shape index (κ1) is 18.5. The monoisotopic (exact) mass is 351 g/mol. The second-order valence-electron chi connectivity index (χ2n) is 4.45. The molecular weight excluding hydrogens is 334 g/mol. The number of sulfone groups is 1. The van der Waals surface area contributed by atoms with Gasteiger partial charge < -0.3 is 20.3 Å². The van der Waals surface area contributed by atoms with Crippen molar-refractivity contribution in [2.75, 3.05) is 30.6 Å². The van der Waals surface area contributed by atoms with Crippen molar-refractivity contribution in [2.45, 2.75) is 17.9 Å². The molecule has 0 aliphatic rings. The van der Waals surface area contributed by atoms with Crippen LogP contribution in [0.4, 0.5) is 5.69 Å². The Balaban J connectivity index is 3.42. The van der Waals surface area contributed by atoms with Crippen LogP contribution in [-0.4, -0.2) is 56.0 Å². The first-order valence-electron chi connectivity index (χ1n) is 6.42. The van der Waals surface area contributed by atoms with Crippen LogP contribution < -0.4 is 10.1 Å². The molecule has 0 amide bonds. The molecule has 0 aliphatic heterocycles. The third-order valence-corrected chi connectivity index (χ3v) is 5.08. The zero-order valence-corrected chi connectivity index (χ0v) is 13.7. The summed E-state index contributed by atoms with van der Waals surface area (Å²) in [6.07, 6.45) is -0.871. The maximum Gasteiger partial charge on any atom is 0.339 e. The van der Waals surface area contributed by atoms with Crippen molar-refractivity contribution >= 4 is 33.1 Å². The van der Waals surface area contributed by atoms with E-state index in [0.717, 1.165) is 6.07 Å². The molecule has 1 unspecified atom stereocenters. The van der Waals surface area contributed by atoms with E-state index in [1.807, 2.05) is 0 Å². The number of aliphatic hydroxyl groups excluding tert-OH is 1. The number of benzene rings is 1. The number of hydrogen-bond donors (Lipinski definition) is 3. The number of rotatable bonds is 8. The van der Waals surface area contributed by atoms with Crippen molar-refractivity contribution < 1.29 is 28.2 Å². The molecule has 0 bridgehead atoms. The number of aliphatic hydroxyl groups is 1. The number of nitrogens with one attached hydrogen (secondary N) is 1. The molecule has 1 aromatic rings. The zero-order valence-electron chi connectivity index (χ0n) is 12.2. The van der Waals surface area contributed by atoms with Gasteiger partial charge in [-0.3, -0.25) is 0 Å². The van der Waals surface area contributed by atoms with Crippen LogP contribution in [0, 0.1) is 0 Å². The van der Waals surface area contributed by atoms with Crippen LogP contribution in [0.25, 0.3) is 0 Å². The number of halogens is 1. The second kappa shape index (κ2) is 7.66. The highest BCUT2D eigenvalue weighted by atomic mass is 35.5. The Hall–Kier alpha value is -1.51. The molecule has 0 saturated heterocycles. The summed E-state index contributed by atoms with van der Waals surface area (Å²) in [6.45, 7) is 1.47. The van der Waals surface area contributed by atoms with Gasteiger partial charge in [0.1, 0.15) is 11.3 Å². The Labute approximate surface area is 133 Å². The fourth-order valence-corrected chi connectivity index (χ4v) is 2.91. The first-order chi connectivity index (χ1) is 10.3. The molecule has 0 spiro atoms. The van der Waals surface area contributed by atoms with E-state index in [4.69, 9.17) is 21.4 Å². The maximum absolute atomic E-state index is 12.1. The molecule has 0 fully saturated rings. The molecule has 124 valence electrons. The number of carbonyl (C=O) groups is 1. The fraction of sp³-hybridized carbons (Fsp3) is 0.462. The first-order valence-corrected chi connectivity index (χ1v) is 8.61. The molecule has 0 aromatic heterocycles. The smallest absolute Gasteiger partial charge is 0.339 e. The average molecular weight is 352 g/mol. The minimum absolute atomic E-state index is 0.0189. The van der Waals surface area contributed by atoms with E-state index in [2.05, 4.69) is 5.32 Å². The standard InChI is InChI=1S/C13H18ClNO6S/c1-3-22(19,20)12-4-9(13(17)18)11(21-2)5-10(12)15-7-8(16)6-14/h4-5,8,15-16H,3,6-7H2,1-2H3,(H,17,18). The van der Waals surface area contributed by atoms with Gasteiger partial charge in [0.2, 0.25) is 0 Å². The number of anilines is 1. The molecule has 7 nitrogen and oxygen atoms in total. The van der Waals surface area contributed by atoms with Crippen LogP contribution in [0.5, 0.6) is 5.75 Å². The molecule has 9 heteroatoms. The van der Waals surface area contributed by atoms with Crippen LogP contribution in [0.15, 0.2) is 17.0 Å². The van der Waals surface area contributed by atoms with Gasteiger partial charge >= 0.3 is 5.97 Å². The predicted octanol–water partition coefficient (Wildman–Crippen LogP) is 1.20. The van der Waals surface area contributed by atoms with Crippen LogP contribution in [-0.2, 0) is 9.84 Å². The highest BCUT2D eigenvalue weighted by Crippen LogP contribution is 2.31. The Morgan fingerprint density at radius 2 is 2.09 bits per heavy atom. The number of hydrogen-bond acceptors (Lipinski definition) is 6. The lowest BCUT2D eigenvalue weighted by Gasteiger charge is -2.16. The number of carboxylic acid groups (broad SMARTS) is 1. The average Bonchev–Trinajstić information content (AvgIpc) is 2.51. The topological polar surface area (TPSA) is 113 Å². The van der Waals surface area contributed by atoms with Crippen molar-refractivity contribution in [1.82, 2.24) is 0 Å². The van der Waals surface area contributed by atoms with Gasteiger partial charge in [-0.25, -0.2) is 13.2 Å². The van der Waals surface area contributed by atoms with Gasteiger partial charge in [0.15, 0.2) is 9.84 Å². The van der Waals surface area contributed by atoms with Gasteiger partial charge in [0.25, 0.3) is 0 Å². The number of alkyl halides is 1. The lowest BCUT2D eigenvalue weighted by molar-refractivity contribution is 0.0693. The SMILES string of the molecule is CCS(=O)(=O)c1cc(C(=O)O)c(OC)cc1NCC(O)CCl. The number of aromatic carboxylic acids is 1. The lowest BCUT2D eigenvalue weighted by Crippen LogP contribution is -2.22. The van der Waals surface area contributed by atoms with Gasteiger partial charge in [-0.1, -0.05) is 6.92 Å². The van der Waals surface area contributed by atoms with Crippen LogP contribution in [0.1, 0.15) is 17.3 Å². The van der Waals surface area contributed by atoms with E-state index >= 15 is 0 Å². The van der Waals surface area contributed by atoms with Crippen LogP contribution in [0.2, 0.25) is 0 Å². The molecule has 1 atom stereocenters. The third-order valence-electron chi connectivity index (χ3n) is 2.95. The number of methoxy groups -OCH3 is 1. The van der Waals surface area contributed by atoms with Crippen molar-refractivity contribution in [3.05, 3.63) is 17.7 Å². The van der Waals surface area contributed by atoms with E-state index in [1.54, 1.807) is 0 Å². The molecule has 0 saturated carbocycles. The third kappa shape index (κ3) is 4.25. The molecule has 0 aliphatic carbocycles. The van der Waals surface area contributed by atoms with E-state index in [0.29, 0.717) is 0 Å². The van der Waals surface area contributed by atoms with Crippen molar-refractivity contribution in [3.8, 4) is 5.75 Å². The van der Waals surface area contributed by atoms with E-state index in [1.165, 1.54) is 20.1 Å². The molecule has 0 heterocycles. The van der Waals surface area contributed by atoms with Crippen molar-refractivity contribution in [3.63, 3.8) is 0 Å². The van der Waals surface area contributed by atoms with Crippen molar-refractivity contribution in [1.29, 1.82) is 0 Å². The number of carboxylic acids is 1. The fourth-order valence-electron chi connectivity index (χ4n) is 1.73. The van der Waals surface area contributed by atoms with Crippen molar-refractivity contribution in [2.24, 2.45) is 0 Å². The second-order valence-corrected chi connectivity index (χ2v) is 7.00. The maximum atomic E-state index is 12.1. The summed E-state index contributed by atoms with van der Waals surface area (Å²) < 4.78 is 29.3. The molecule has 1 aromatic carbocycles. The predicted molar refractivity (Wildman–Crippen MR) is 82.9 cm³/mol. The van der Waals surface area contributed by atoms with Gasteiger partial charge in [-0.2, -0.15) is 0 Å². The van der Waals surface area contributed by atoms with Crippen LogP contribution in [0.3, 0.4) is 0 Å². The van der Waals surface area contributed by atoms with Gasteiger partial charge in [0, 0.05) is 12.6 Å². The minimum atomic E-state index is -3.66. The summed E-state index contributed by atoms with van der Waals surface area (Å²) in [5.41, 5.74) is -0.0918. The molecular formula is C13H18ClNO6S. The Kier molecular flexibility index (Phi) is 6.46. The highest BCUT2D eigenvalue weighted by molar-refractivity contribution is 7.91. The lowest BCUT2D eigenvalue weighted by atomic mass is 10.1. The van der Waals surface area contributed by atoms with Gasteiger partial charge in [0.05, 0.1) is 35.4 Å². The van der Waals surface area contributed by atoms with E-state index < -0.39 is 21.9 Å². The highest BCUT2D eigenvalue weighted by Gasteiger charge is 2.23. The molecule has 1 rings (SSSR count). The quantitative estimate of drug-likeness (QED) is 0.603.